The first-order valence-corrected chi connectivity index (χ1v) is 17.1. The molecule has 3 aliphatic carbocycles. The third-order valence-corrected chi connectivity index (χ3v) is 10.4. The second-order valence-corrected chi connectivity index (χ2v) is 13.3. The van der Waals surface area contributed by atoms with Crippen LogP contribution in [0.5, 0.6) is 5.75 Å². The number of benzene rings is 5. The van der Waals surface area contributed by atoms with Gasteiger partial charge in [-0.1, -0.05) is 78.9 Å². The molecule has 2 bridgehead atoms. The summed E-state index contributed by atoms with van der Waals surface area (Å²) in [5, 5.41) is 10.9. The second kappa shape index (κ2) is 13.4. The molecule has 0 N–H and O–H groups in total. The zero-order chi connectivity index (χ0) is 36.8. The fourth-order valence-electron chi connectivity index (χ4n) is 8.04. The maximum absolute atomic E-state index is 14.5. The van der Waals surface area contributed by atoms with Crippen molar-refractivity contribution in [2.75, 3.05) is 6.61 Å². The first-order valence-electron chi connectivity index (χ1n) is 17.1. The van der Waals surface area contributed by atoms with Crippen LogP contribution in [0.4, 0.5) is 5.69 Å². The summed E-state index contributed by atoms with van der Waals surface area (Å²) in [6, 6.07) is 34.0. The van der Waals surface area contributed by atoms with Crippen LogP contribution in [0, 0.1) is 22.0 Å². The Morgan fingerprint density at radius 2 is 1.15 bits per heavy atom. The zero-order valence-electron chi connectivity index (χ0n) is 28.0. The summed E-state index contributed by atoms with van der Waals surface area (Å²) in [5.74, 6) is -4.96. The molecular formula is C42H30N2O9. The normalized spacial score (nSPS) is 19.8. The highest BCUT2D eigenvalue weighted by atomic mass is 16.6. The minimum absolute atomic E-state index is 0.00877. The number of carbonyl (C=O) groups is 5. The molecule has 5 aromatic carbocycles. The molecule has 3 atom stereocenters. The van der Waals surface area contributed by atoms with E-state index in [0.29, 0.717) is 5.56 Å². The molecule has 3 unspecified atom stereocenters. The number of nitro groups is 1. The molecule has 262 valence electrons. The summed E-state index contributed by atoms with van der Waals surface area (Å²) in [7, 11) is 0. The van der Waals surface area contributed by atoms with Crippen molar-refractivity contribution in [2.45, 2.75) is 24.3 Å². The van der Waals surface area contributed by atoms with Crippen molar-refractivity contribution in [3.8, 4) is 5.75 Å². The van der Waals surface area contributed by atoms with Crippen LogP contribution < -0.4 is 4.74 Å². The minimum Gasteiger partial charge on any atom is -0.456 e. The van der Waals surface area contributed by atoms with E-state index >= 15 is 0 Å². The number of non-ortho nitro benzene ring substituents is 1. The molecule has 53 heavy (non-hydrogen) atoms. The Kier molecular flexibility index (Phi) is 8.46. The molecule has 1 heterocycles. The summed E-state index contributed by atoms with van der Waals surface area (Å²) in [6.45, 7) is -0.655. The van der Waals surface area contributed by atoms with Crippen molar-refractivity contribution in [1.82, 2.24) is 4.90 Å². The second-order valence-electron chi connectivity index (χ2n) is 13.3. The zero-order valence-corrected chi connectivity index (χ0v) is 28.0. The van der Waals surface area contributed by atoms with E-state index in [1.165, 1.54) is 48.5 Å². The summed E-state index contributed by atoms with van der Waals surface area (Å²) in [6.07, 6.45) is 0.00877. The molecule has 2 amide bonds. The van der Waals surface area contributed by atoms with E-state index in [4.69, 9.17) is 9.47 Å². The van der Waals surface area contributed by atoms with Crippen LogP contribution in [0.15, 0.2) is 127 Å². The standard InChI is InChI=1S/C42H30N2O9/c45-34(25-16-20-28(21-17-25)53-41(48)26-14-18-27(19-15-26)44(50)51)23-52-42(49)33(22-24-8-2-1-3-9-24)43-39(46)37-35-29-10-4-5-11-30(29)36(38(37)40(43)47)32-13-7-6-12-31(32)35/h1-21,33,35-38H,22-23H2. The maximum Gasteiger partial charge on any atom is 0.343 e. The summed E-state index contributed by atoms with van der Waals surface area (Å²) < 4.78 is 10.9. The van der Waals surface area contributed by atoms with Gasteiger partial charge in [0.1, 0.15) is 11.8 Å². The van der Waals surface area contributed by atoms with Gasteiger partial charge in [0.2, 0.25) is 11.8 Å². The van der Waals surface area contributed by atoms with E-state index in [2.05, 4.69) is 0 Å². The Bertz CT molecular complexity index is 2190. The number of carbonyl (C=O) groups excluding carboxylic acids is 5. The fourth-order valence-corrected chi connectivity index (χ4v) is 8.04. The van der Waals surface area contributed by atoms with Gasteiger partial charge in [-0.2, -0.15) is 0 Å². The van der Waals surface area contributed by atoms with Gasteiger partial charge in [0.15, 0.2) is 12.4 Å². The third kappa shape index (κ3) is 5.85. The van der Waals surface area contributed by atoms with Gasteiger partial charge in [0.05, 0.1) is 22.3 Å². The number of likely N-dealkylation sites (tertiary alicyclic amines) is 1. The van der Waals surface area contributed by atoms with Crippen LogP contribution in [0.3, 0.4) is 0 Å². The van der Waals surface area contributed by atoms with E-state index in [1.54, 1.807) is 24.3 Å². The molecule has 1 saturated heterocycles. The third-order valence-electron chi connectivity index (χ3n) is 10.4. The average Bonchev–Trinajstić information content (AvgIpc) is 3.45. The van der Waals surface area contributed by atoms with E-state index in [9.17, 15) is 34.1 Å². The molecule has 0 saturated carbocycles. The average molecular weight is 707 g/mol. The maximum atomic E-state index is 14.5. The highest BCUT2D eigenvalue weighted by Crippen LogP contribution is 2.61. The predicted octanol–water partition coefficient (Wildman–Crippen LogP) is 6.04. The highest BCUT2D eigenvalue weighted by Gasteiger charge is 2.63. The van der Waals surface area contributed by atoms with Gasteiger partial charge in [-0.25, -0.2) is 9.59 Å². The van der Waals surface area contributed by atoms with Gasteiger partial charge in [0.25, 0.3) is 5.69 Å². The Morgan fingerprint density at radius 1 is 0.660 bits per heavy atom. The van der Waals surface area contributed by atoms with Gasteiger partial charge >= 0.3 is 11.9 Å². The number of ketones is 1. The molecule has 11 heteroatoms. The van der Waals surface area contributed by atoms with Crippen molar-refractivity contribution in [1.29, 1.82) is 0 Å². The number of rotatable bonds is 10. The topological polar surface area (TPSA) is 150 Å². The SMILES string of the molecule is O=C(COC(=O)C(Cc1ccccc1)N1C(=O)C2C3c4ccccc4C(c4ccccc43)C2C1=O)c1ccc(OC(=O)c2ccc([N+](=O)[O-])cc2)cc1. The van der Waals surface area contributed by atoms with Gasteiger partial charge in [0, 0.05) is 36.0 Å². The number of imide groups is 1. The summed E-state index contributed by atoms with van der Waals surface area (Å²) in [4.78, 5) is 79.9. The molecule has 0 radical (unpaired) electrons. The van der Waals surface area contributed by atoms with Crippen molar-refractivity contribution >= 4 is 35.2 Å². The lowest BCUT2D eigenvalue weighted by atomic mass is 9.55. The molecule has 11 nitrogen and oxygen atoms in total. The number of hydrogen-bond acceptors (Lipinski definition) is 9. The molecule has 1 fully saturated rings. The number of esters is 2. The van der Waals surface area contributed by atoms with Crippen LogP contribution in [0.25, 0.3) is 0 Å². The van der Waals surface area contributed by atoms with Crippen LogP contribution in [-0.4, -0.2) is 52.0 Å². The molecule has 4 aliphatic rings. The van der Waals surface area contributed by atoms with Crippen LogP contribution in [0.1, 0.15) is 60.4 Å². The van der Waals surface area contributed by atoms with Crippen LogP contribution in [0.2, 0.25) is 0 Å². The molecule has 0 spiro atoms. The van der Waals surface area contributed by atoms with Gasteiger partial charge < -0.3 is 9.47 Å². The lowest BCUT2D eigenvalue weighted by Gasteiger charge is -2.45. The number of ether oxygens (including phenoxy) is 2. The van der Waals surface area contributed by atoms with E-state index in [-0.39, 0.29) is 40.8 Å². The number of nitrogens with zero attached hydrogens (tertiary/aromatic N) is 2. The first kappa shape index (κ1) is 33.4. The summed E-state index contributed by atoms with van der Waals surface area (Å²) in [5.41, 5.74) is 4.87. The van der Waals surface area contributed by atoms with Crippen LogP contribution in [-0.2, 0) is 25.5 Å². The van der Waals surface area contributed by atoms with Gasteiger partial charge in [-0.15, -0.1) is 0 Å². The molecular weight excluding hydrogens is 676 g/mol. The Labute approximate surface area is 302 Å². The van der Waals surface area contributed by atoms with Crippen molar-refractivity contribution < 1.29 is 38.4 Å². The van der Waals surface area contributed by atoms with Crippen molar-refractivity contribution in [3.63, 3.8) is 0 Å². The minimum atomic E-state index is -1.30. The molecule has 5 aromatic rings. The van der Waals surface area contributed by atoms with Gasteiger partial charge in [-0.3, -0.25) is 29.4 Å². The number of nitro benzene ring substituents is 1. The first-order chi connectivity index (χ1) is 25.7. The Hall–Kier alpha value is -6.75. The van der Waals surface area contributed by atoms with E-state index in [1.807, 2.05) is 54.6 Å². The largest absolute Gasteiger partial charge is 0.456 e. The molecule has 9 rings (SSSR count). The summed E-state index contributed by atoms with van der Waals surface area (Å²) >= 11 is 0. The van der Waals surface area contributed by atoms with E-state index in [0.717, 1.165) is 27.2 Å². The molecule has 1 aliphatic heterocycles. The van der Waals surface area contributed by atoms with Crippen LogP contribution >= 0.6 is 0 Å². The Balaban J connectivity index is 1.00. The predicted molar refractivity (Wildman–Crippen MR) is 189 cm³/mol. The van der Waals surface area contributed by atoms with Gasteiger partial charge in [-0.05, 0) is 64.2 Å². The fraction of sp³-hybridized carbons (Fsp3) is 0.167. The lowest BCUT2D eigenvalue weighted by molar-refractivity contribution is -0.384. The van der Waals surface area contributed by atoms with Crippen molar-refractivity contribution in [3.05, 3.63) is 176 Å². The Morgan fingerprint density at radius 3 is 1.66 bits per heavy atom. The lowest BCUT2D eigenvalue weighted by Crippen LogP contribution is -2.48. The number of amides is 2. The molecule has 0 aromatic heterocycles. The monoisotopic (exact) mass is 706 g/mol. The van der Waals surface area contributed by atoms with E-state index < -0.39 is 58.9 Å². The van der Waals surface area contributed by atoms with Crippen molar-refractivity contribution in [2.24, 2.45) is 11.8 Å². The number of Topliss-reactive ketones (excluding diaryl/α,β-unsaturated/α-hetero) is 1. The number of hydrogen-bond donors (Lipinski definition) is 0. The smallest absolute Gasteiger partial charge is 0.343 e. The quantitative estimate of drug-likeness (QED) is 0.0423. The highest BCUT2D eigenvalue weighted by molar-refractivity contribution is 6.10.